The van der Waals surface area contributed by atoms with Crippen molar-refractivity contribution in [2.75, 3.05) is 139 Å². The van der Waals surface area contributed by atoms with Crippen LogP contribution in [0.4, 0.5) is 20.1 Å². The van der Waals surface area contributed by atoms with Gasteiger partial charge in [0, 0.05) is 98.2 Å². The van der Waals surface area contributed by atoms with Crippen LogP contribution < -0.4 is 37.6 Å². The van der Waals surface area contributed by atoms with Gasteiger partial charge in [-0.15, -0.1) is 0 Å². The van der Waals surface area contributed by atoms with Gasteiger partial charge in [0.05, 0.1) is 108 Å². The number of anilines is 1. The number of amides is 8. The van der Waals surface area contributed by atoms with Crippen LogP contribution in [0, 0.1) is 24.7 Å². The number of methoxy groups -OCH3 is 1. The van der Waals surface area contributed by atoms with Crippen LogP contribution in [0.15, 0.2) is 60.2 Å². The molecule has 4 bridgehead atoms. The number of carbonyl (C=O) groups is 11. The highest BCUT2D eigenvalue weighted by molar-refractivity contribution is 6.34. The first kappa shape index (κ1) is 92.6. The largest absolute Gasteiger partial charge is 0.457 e. The molecular formula is C77H116ClN9O23. The fourth-order valence-corrected chi connectivity index (χ4v) is 12.6. The molecule has 2 aromatic rings. The number of allylic oxidation sites excluding steroid dienone is 3. The predicted molar refractivity (Wildman–Crippen MR) is 404 cm³/mol. The normalized spacial score (nSPS) is 21.5. The van der Waals surface area contributed by atoms with E-state index in [1.165, 1.54) is 42.8 Å². The quantitative estimate of drug-likeness (QED) is 0.0205. The third kappa shape index (κ3) is 31.3. The van der Waals surface area contributed by atoms with Gasteiger partial charge in [0.1, 0.15) is 49.0 Å². The van der Waals surface area contributed by atoms with Crippen LogP contribution in [0.1, 0.15) is 122 Å². The molecule has 2 saturated heterocycles. The summed E-state index contributed by atoms with van der Waals surface area (Å²) in [6.45, 7) is 15.8. The third-order valence-electron chi connectivity index (χ3n) is 19.3. The summed E-state index contributed by atoms with van der Waals surface area (Å²) in [6, 6.07) is 7.64. The topological polar surface area (TPSA) is 423 Å². The van der Waals surface area contributed by atoms with Crippen molar-refractivity contribution < 1.29 is 110 Å². The van der Waals surface area contributed by atoms with Gasteiger partial charge in [-0.2, -0.15) is 0 Å². The van der Waals surface area contributed by atoms with Gasteiger partial charge >= 0.3 is 24.2 Å². The molecule has 0 aromatic heterocycles. The zero-order valence-electron chi connectivity index (χ0n) is 65.5. The monoisotopic (exact) mass is 1570 g/mol. The molecule has 9 N–H and O–H groups in total. The van der Waals surface area contributed by atoms with Crippen molar-refractivity contribution in [1.82, 2.24) is 31.1 Å². The highest BCUT2D eigenvalue weighted by atomic mass is 35.5. The molecule has 110 heavy (non-hydrogen) atoms. The first-order valence-electron chi connectivity index (χ1n) is 37.4. The van der Waals surface area contributed by atoms with Crippen LogP contribution in [-0.2, 0) is 110 Å². The lowest BCUT2D eigenvalue weighted by molar-refractivity contribution is -0.162. The van der Waals surface area contributed by atoms with Crippen molar-refractivity contribution in [2.45, 2.75) is 174 Å². The standard InChI is InChI=1S/C77H116ClN9O23/c1-49(2)59(43-58(89)48-106-38-37-105-36-35-104-34-33-103-32-31-102-30-29-101-28-26-81-66(91)24-23-57(88)46-79)71(94)83-60(16-13-25-82-73(80)96)62(90)42-54-19-21-55(22-20-54)47-107-75(98)85(8)27-14-18-67(92)86(9)53(6)72(95)109-65-44-68(93)87(10)61-41-56(40-51(4)69(61)78)39-50(3)15-12-17-64(100-11)77(99)45-63(108-74(97)84-77)52(5)70-76(65,7)110-70/h12,15,17,19-22,40-41,49,52-53,59-60,63-65,70,99H,13-14,16,18,23-39,42-48,79H2,1-11H3,(H,81,91)(H,83,94)(H,84,97)(H3,80,82,96)/b17-12+,50-15+/t52-,53+,59+,60+,63+,64-,65+,70?,76+,77-/m1/s1. The van der Waals surface area contributed by atoms with Gasteiger partial charge in [-0.05, 0) is 87.6 Å². The minimum absolute atomic E-state index is 0.0780. The van der Waals surface area contributed by atoms with Crippen molar-refractivity contribution in [3.63, 3.8) is 0 Å². The Balaban J connectivity index is 1.03. The van der Waals surface area contributed by atoms with Gasteiger partial charge < -0.3 is 99.3 Å². The van der Waals surface area contributed by atoms with E-state index in [4.69, 9.17) is 75.2 Å². The summed E-state index contributed by atoms with van der Waals surface area (Å²) >= 11 is 6.86. The van der Waals surface area contributed by atoms with E-state index in [0.29, 0.717) is 94.1 Å². The zero-order chi connectivity index (χ0) is 81.1. The number of nitrogens with zero attached hydrogens (tertiary/aromatic N) is 3. The summed E-state index contributed by atoms with van der Waals surface area (Å²) in [5.74, 6) is -4.95. The van der Waals surface area contributed by atoms with Crippen LogP contribution in [0.5, 0.6) is 0 Å². The maximum Gasteiger partial charge on any atom is 0.409 e. The minimum Gasteiger partial charge on any atom is -0.457 e. The first-order chi connectivity index (χ1) is 52.3. The van der Waals surface area contributed by atoms with Crippen LogP contribution in [0.3, 0.4) is 0 Å². The fraction of sp³-hybridized carbons (Fsp3) is 0.649. The second-order valence-corrected chi connectivity index (χ2v) is 28.7. The Bertz CT molecular complexity index is 3440. The van der Waals surface area contributed by atoms with E-state index in [9.17, 15) is 57.8 Å². The van der Waals surface area contributed by atoms with Crippen molar-refractivity contribution in [2.24, 2.45) is 29.2 Å². The molecule has 0 spiro atoms. The van der Waals surface area contributed by atoms with Crippen molar-refractivity contribution in [3.8, 4) is 0 Å². The van der Waals surface area contributed by atoms with Gasteiger partial charge in [0.15, 0.2) is 17.3 Å². The number of ketones is 3. The maximum atomic E-state index is 14.4. The number of hydrogen-bond acceptors (Lipinski definition) is 24. The molecule has 2 fully saturated rings. The van der Waals surface area contributed by atoms with Crippen LogP contribution >= 0.6 is 11.6 Å². The molecule has 10 atom stereocenters. The average Bonchev–Trinajstić information content (AvgIpc) is 1.57. The maximum absolute atomic E-state index is 14.4. The number of halogens is 1. The highest BCUT2D eigenvalue weighted by Crippen LogP contribution is 2.49. The lowest BCUT2D eigenvalue weighted by Gasteiger charge is -2.42. The van der Waals surface area contributed by atoms with Crippen molar-refractivity contribution in [1.29, 1.82) is 0 Å². The molecule has 2 aromatic carbocycles. The van der Waals surface area contributed by atoms with Crippen molar-refractivity contribution >= 4 is 82.5 Å². The van der Waals surface area contributed by atoms with E-state index in [-0.39, 0.29) is 140 Å². The van der Waals surface area contributed by atoms with E-state index in [1.807, 2.05) is 32.1 Å². The zero-order valence-corrected chi connectivity index (χ0v) is 66.3. The molecule has 3 aliphatic heterocycles. The fourth-order valence-electron chi connectivity index (χ4n) is 12.4. The summed E-state index contributed by atoms with van der Waals surface area (Å²) in [5.41, 5.74) is 11.4. The number of hydrogen-bond donors (Lipinski definition) is 7. The molecule has 0 aliphatic carbocycles. The SMILES string of the molecule is CO[C@@H]1/C=C/C=C(\C)Cc2cc(C)c(Cl)c(c2)N(C)C(=O)C[C@H](OC(=O)[C@H](C)N(C)C(=O)CCCN(C)C(=O)OCc2ccc(CC(=O)[C@H](CCCNC(N)=O)NC(=O)[C@@H](CC(=O)COCCOCCOCCOCCOCCOCCNC(=O)CCC(=O)CN)C(C)C)cc2)[C@]2(C)OC2[C@H](C)[C@@H]2C[C@]1(O)NC(=O)O2. The second-order valence-electron chi connectivity index (χ2n) is 28.4. The minimum atomic E-state index is -1.89. The van der Waals surface area contributed by atoms with E-state index in [1.54, 1.807) is 71.2 Å². The Hall–Kier alpha value is -8.02. The average molecular weight is 1570 g/mol. The smallest absolute Gasteiger partial charge is 0.409 e. The summed E-state index contributed by atoms with van der Waals surface area (Å²) in [7, 11) is 5.94. The first-order valence-corrected chi connectivity index (χ1v) is 37.7. The number of primary amides is 1. The molecule has 1 unspecified atom stereocenters. The number of Topliss-reactive ketones (excluding diaryl/α,β-unsaturated/α-hetero) is 3. The number of fused-ring (bicyclic) bond motifs is 5. The van der Waals surface area contributed by atoms with E-state index in [2.05, 4.69) is 21.3 Å². The number of rotatable bonds is 46. The number of nitrogens with one attached hydrogen (secondary N) is 4. The molecule has 33 heteroatoms. The Morgan fingerprint density at radius 3 is 2.05 bits per heavy atom. The number of benzene rings is 2. The van der Waals surface area contributed by atoms with E-state index >= 15 is 0 Å². The number of alkyl carbamates (subject to hydrolysis) is 1. The number of carbonyl (C=O) groups excluding carboxylic acids is 11. The lowest BCUT2D eigenvalue weighted by Crippen LogP contribution is -2.63. The van der Waals surface area contributed by atoms with Gasteiger partial charge in [-0.1, -0.05) is 86.5 Å². The Labute approximate surface area is 649 Å². The molecule has 5 rings (SSSR count). The summed E-state index contributed by atoms with van der Waals surface area (Å²) < 4.78 is 62.5. The molecule has 0 radical (unpaired) electrons. The number of nitrogens with two attached hydrogens (primary N) is 2. The molecule has 614 valence electrons. The third-order valence-corrected chi connectivity index (χ3v) is 19.8. The molecule has 0 saturated carbocycles. The molecule has 3 heterocycles. The molecule has 32 nitrogen and oxygen atoms in total. The number of urea groups is 1. The van der Waals surface area contributed by atoms with E-state index in [0.717, 1.165) is 16.7 Å². The predicted octanol–water partition coefficient (Wildman–Crippen LogP) is 4.66. The number of aryl methyl sites for hydroxylation is 1. The van der Waals surface area contributed by atoms with Gasteiger partial charge in [0.25, 0.3) is 0 Å². The number of esters is 1. The van der Waals surface area contributed by atoms with Crippen LogP contribution in [0.2, 0.25) is 5.02 Å². The number of likely N-dealkylation sites (N-methyl/N-ethyl adjacent to an activating group) is 1. The van der Waals surface area contributed by atoms with Crippen LogP contribution in [-0.4, -0.2) is 262 Å². The summed E-state index contributed by atoms with van der Waals surface area (Å²) in [4.78, 5) is 148. The highest BCUT2D eigenvalue weighted by Gasteiger charge is 2.64. The molecular weight excluding hydrogens is 1450 g/mol. The van der Waals surface area contributed by atoms with Crippen LogP contribution in [0.25, 0.3) is 0 Å². The van der Waals surface area contributed by atoms with Gasteiger partial charge in [0.2, 0.25) is 23.6 Å². The Morgan fingerprint density at radius 1 is 0.818 bits per heavy atom. The lowest BCUT2D eigenvalue weighted by atomic mass is 9.83. The molecule has 8 amide bonds. The Morgan fingerprint density at radius 2 is 1.44 bits per heavy atom. The van der Waals surface area contributed by atoms with Gasteiger partial charge in [-0.3, -0.25) is 38.9 Å². The number of epoxide rings is 1. The Kier molecular flexibility index (Phi) is 39.9. The number of aliphatic hydroxyl groups is 1. The number of ether oxygens (including phenoxy) is 11. The van der Waals surface area contributed by atoms with Gasteiger partial charge in [-0.25, -0.2) is 19.2 Å². The van der Waals surface area contributed by atoms with E-state index < -0.39 is 102 Å². The summed E-state index contributed by atoms with van der Waals surface area (Å²) in [6.07, 6.45) is 0.323. The van der Waals surface area contributed by atoms with Crippen molar-refractivity contribution in [3.05, 3.63) is 87.5 Å². The molecule has 3 aliphatic rings. The second kappa shape index (κ2) is 47.4. The summed E-state index contributed by atoms with van der Waals surface area (Å²) in [5, 5.41) is 22.8.